The number of nitrogens with zero attached hydrogens (tertiary/aromatic N) is 6. The van der Waals surface area contributed by atoms with Crippen molar-refractivity contribution in [3.8, 4) is 11.6 Å². The van der Waals surface area contributed by atoms with Gasteiger partial charge in [0.25, 0.3) is 0 Å². The molecule has 0 amide bonds. The number of ether oxygens (including phenoxy) is 1. The first kappa shape index (κ1) is 18.8. The number of imidazole rings is 1. The minimum absolute atomic E-state index is 0.553. The first-order valence-electron chi connectivity index (χ1n) is 9.89. The van der Waals surface area contributed by atoms with E-state index in [2.05, 4.69) is 24.8 Å². The van der Waals surface area contributed by atoms with Crippen molar-refractivity contribution in [1.29, 1.82) is 0 Å². The fraction of sp³-hybridized carbons (Fsp3) is 0.227. The molecule has 8 heteroatoms. The average Bonchev–Trinajstić information content (AvgIpc) is 3.16. The molecule has 0 saturated carbocycles. The fourth-order valence-electron chi connectivity index (χ4n) is 3.58. The van der Waals surface area contributed by atoms with Gasteiger partial charge < -0.3 is 14.0 Å². The normalized spacial score (nSPS) is 14.9. The number of benzene rings is 1. The Hall–Kier alpha value is -3.16. The van der Waals surface area contributed by atoms with Gasteiger partial charge in [-0.1, -0.05) is 29.8 Å². The number of piperazine rings is 1. The summed E-state index contributed by atoms with van der Waals surface area (Å²) in [5.41, 5.74) is 1.96. The molecule has 7 nitrogen and oxygen atoms in total. The second kappa shape index (κ2) is 8.30. The number of hydrogen-bond donors (Lipinski definition) is 0. The van der Waals surface area contributed by atoms with Crippen molar-refractivity contribution in [3.63, 3.8) is 0 Å². The number of rotatable bonds is 5. The van der Waals surface area contributed by atoms with Crippen LogP contribution in [0.4, 0.5) is 5.95 Å². The van der Waals surface area contributed by atoms with Gasteiger partial charge in [-0.05, 0) is 24.3 Å². The summed E-state index contributed by atoms with van der Waals surface area (Å²) >= 11 is 6.07. The lowest BCUT2D eigenvalue weighted by atomic mass is 10.3. The van der Waals surface area contributed by atoms with Crippen LogP contribution in [0, 0.1) is 0 Å². The van der Waals surface area contributed by atoms with Crippen molar-refractivity contribution in [2.75, 3.05) is 31.1 Å². The summed E-state index contributed by atoms with van der Waals surface area (Å²) in [4.78, 5) is 18.3. The molecule has 0 radical (unpaired) electrons. The summed E-state index contributed by atoms with van der Waals surface area (Å²) in [6.45, 7) is 4.36. The molecule has 3 aromatic heterocycles. The predicted octanol–water partition coefficient (Wildman–Crippen LogP) is 3.89. The first-order chi connectivity index (χ1) is 14.7. The monoisotopic (exact) mass is 420 g/mol. The summed E-state index contributed by atoms with van der Waals surface area (Å²) in [7, 11) is 0. The third-order valence-corrected chi connectivity index (χ3v) is 5.31. The molecule has 0 unspecified atom stereocenters. The zero-order valence-corrected chi connectivity index (χ0v) is 17.1. The van der Waals surface area contributed by atoms with E-state index in [9.17, 15) is 0 Å². The van der Waals surface area contributed by atoms with Crippen LogP contribution >= 0.6 is 11.6 Å². The lowest BCUT2D eigenvalue weighted by Crippen LogP contribution is -2.46. The molecule has 1 aromatic carbocycles. The van der Waals surface area contributed by atoms with Crippen LogP contribution in [-0.4, -0.2) is 50.4 Å². The minimum atomic E-state index is 0.553. The largest absolute Gasteiger partial charge is 0.439 e. The number of aromatic nitrogens is 4. The Balaban J connectivity index is 1.21. The first-order valence-corrected chi connectivity index (χ1v) is 10.3. The van der Waals surface area contributed by atoms with E-state index in [1.165, 1.54) is 0 Å². The molecular weight excluding hydrogens is 400 g/mol. The molecule has 152 valence electrons. The van der Waals surface area contributed by atoms with Crippen LogP contribution < -0.4 is 9.64 Å². The van der Waals surface area contributed by atoms with Crippen LogP contribution in [-0.2, 0) is 6.54 Å². The van der Waals surface area contributed by atoms with Crippen molar-refractivity contribution >= 4 is 23.2 Å². The topological polar surface area (TPSA) is 58.8 Å². The molecule has 1 fully saturated rings. The van der Waals surface area contributed by atoms with E-state index in [1.807, 2.05) is 59.3 Å². The van der Waals surface area contributed by atoms with Gasteiger partial charge in [0.1, 0.15) is 11.4 Å². The molecule has 0 bridgehead atoms. The van der Waals surface area contributed by atoms with Crippen molar-refractivity contribution < 1.29 is 4.74 Å². The van der Waals surface area contributed by atoms with Crippen LogP contribution in [0.25, 0.3) is 5.65 Å². The maximum atomic E-state index is 6.07. The smallest absolute Gasteiger partial charge is 0.228 e. The van der Waals surface area contributed by atoms with Gasteiger partial charge in [0.15, 0.2) is 0 Å². The van der Waals surface area contributed by atoms with Crippen molar-refractivity contribution in [2.45, 2.75) is 6.54 Å². The predicted molar refractivity (Wildman–Crippen MR) is 116 cm³/mol. The standard InChI is InChI=1S/C22H21ClN6O/c23-17-6-7-20-25-18(16-29(20)14-17)15-27-10-12-28(13-11-27)22-24-9-8-21(26-22)30-19-4-2-1-3-5-19/h1-9,14,16H,10-13,15H2. The zero-order chi connectivity index (χ0) is 20.3. The summed E-state index contributed by atoms with van der Waals surface area (Å²) in [5, 5.41) is 0.707. The molecule has 1 aliphatic heterocycles. The molecular formula is C22H21ClN6O. The van der Waals surface area contributed by atoms with Crippen LogP contribution in [0.3, 0.4) is 0 Å². The Morgan fingerprint density at radius 1 is 0.900 bits per heavy atom. The molecule has 1 aliphatic rings. The Morgan fingerprint density at radius 2 is 1.73 bits per heavy atom. The molecule has 4 aromatic rings. The minimum Gasteiger partial charge on any atom is -0.439 e. The van der Waals surface area contributed by atoms with Crippen LogP contribution in [0.5, 0.6) is 11.6 Å². The van der Waals surface area contributed by atoms with Crippen molar-refractivity contribution in [2.24, 2.45) is 0 Å². The highest BCUT2D eigenvalue weighted by atomic mass is 35.5. The molecule has 30 heavy (non-hydrogen) atoms. The SMILES string of the molecule is Clc1ccc2nc(CN3CCN(c4nccc(Oc5ccccc5)n4)CC3)cn2c1. The molecule has 0 spiro atoms. The number of para-hydroxylation sites is 1. The third-order valence-electron chi connectivity index (χ3n) is 5.09. The lowest BCUT2D eigenvalue weighted by Gasteiger charge is -2.34. The average molecular weight is 421 g/mol. The lowest BCUT2D eigenvalue weighted by molar-refractivity contribution is 0.246. The maximum absolute atomic E-state index is 6.07. The van der Waals surface area contributed by atoms with Gasteiger partial charge in [-0.2, -0.15) is 4.98 Å². The van der Waals surface area contributed by atoms with Gasteiger partial charge in [0, 0.05) is 57.4 Å². The van der Waals surface area contributed by atoms with Crippen molar-refractivity contribution in [3.05, 3.63) is 77.8 Å². The zero-order valence-electron chi connectivity index (χ0n) is 16.4. The van der Waals surface area contributed by atoms with E-state index in [1.54, 1.807) is 12.3 Å². The van der Waals surface area contributed by atoms with Gasteiger partial charge in [-0.25, -0.2) is 9.97 Å². The fourth-order valence-corrected chi connectivity index (χ4v) is 3.75. The maximum Gasteiger partial charge on any atom is 0.228 e. The summed E-state index contributed by atoms with van der Waals surface area (Å²) in [6.07, 6.45) is 5.67. The van der Waals surface area contributed by atoms with Gasteiger partial charge in [0.2, 0.25) is 11.8 Å². The molecule has 0 N–H and O–H groups in total. The quantitative estimate of drug-likeness (QED) is 0.488. The number of hydrogen-bond acceptors (Lipinski definition) is 6. The molecule has 0 aliphatic carbocycles. The van der Waals surface area contributed by atoms with Gasteiger partial charge in [-0.15, -0.1) is 0 Å². The second-order valence-electron chi connectivity index (χ2n) is 7.22. The van der Waals surface area contributed by atoms with Gasteiger partial charge in [0.05, 0.1) is 10.7 Å². The van der Waals surface area contributed by atoms with E-state index in [0.29, 0.717) is 16.9 Å². The van der Waals surface area contributed by atoms with E-state index in [4.69, 9.17) is 16.3 Å². The summed E-state index contributed by atoms with van der Waals surface area (Å²) < 4.78 is 7.81. The number of anilines is 1. The summed E-state index contributed by atoms with van der Waals surface area (Å²) in [6, 6.07) is 15.2. The Labute approximate surface area is 179 Å². The van der Waals surface area contributed by atoms with E-state index in [0.717, 1.165) is 49.8 Å². The van der Waals surface area contributed by atoms with Crippen LogP contribution in [0.1, 0.15) is 5.69 Å². The highest BCUT2D eigenvalue weighted by Gasteiger charge is 2.20. The number of fused-ring (bicyclic) bond motifs is 1. The van der Waals surface area contributed by atoms with E-state index in [-0.39, 0.29) is 0 Å². The number of pyridine rings is 1. The second-order valence-corrected chi connectivity index (χ2v) is 7.65. The molecule has 1 saturated heterocycles. The number of halogens is 1. The van der Waals surface area contributed by atoms with Gasteiger partial charge >= 0.3 is 0 Å². The Morgan fingerprint density at radius 3 is 2.57 bits per heavy atom. The van der Waals surface area contributed by atoms with Gasteiger partial charge in [-0.3, -0.25) is 4.90 Å². The van der Waals surface area contributed by atoms with Crippen LogP contribution in [0.15, 0.2) is 67.1 Å². The summed E-state index contributed by atoms with van der Waals surface area (Å²) in [5.74, 6) is 2.02. The van der Waals surface area contributed by atoms with Crippen molar-refractivity contribution in [1.82, 2.24) is 24.3 Å². The highest BCUT2D eigenvalue weighted by molar-refractivity contribution is 6.30. The highest BCUT2D eigenvalue weighted by Crippen LogP contribution is 2.21. The van der Waals surface area contributed by atoms with E-state index >= 15 is 0 Å². The third kappa shape index (κ3) is 4.22. The Bertz CT molecular complexity index is 1140. The molecule has 0 atom stereocenters. The molecule has 4 heterocycles. The molecule has 5 rings (SSSR count). The van der Waals surface area contributed by atoms with Crippen LogP contribution in [0.2, 0.25) is 5.02 Å². The Kier molecular flexibility index (Phi) is 5.21. The van der Waals surface area contributed by atoms with E-state index < -0.39 is 0 Å².